The highest BCUT2D eigenvalue weighted by Gasteiger charge is 2.26. The van der Waals surface area contributed by atoms with Crippen LogP contribution < -0.4 is 14.8 Å². The summed E-state index contributed by atoms with van der Waals surface area (Å²) in [5.41, 5.74) is 2.24. The Morgan fingerprint density at radius 2 is 2.08 bits per heavy atom. The number of para-hydroxylation sites is 1. The van der Waals surface area contributed by atoms with Gasteiger partial charge in [0, 0.05) is 28.4 Å². The minimum atomic E-state index is -0.437. The van der Waals surface area contributed by atoms with Gasteiger partial charge in [-0.05, 0) is 31.2 Å². The van der Waals surface area contributed by atoms with E-state index in [1.807, 2.05) is 25.1 Å². The number of anilines is 1. The van der Waals surface area contributed by atoms with E-state index in [9.17, 15) is 4.79 Å². The van der Waals surface area contributed by atoms with Crippen LogP contribution in [0.5, 0.6) is 11.5 Å². The number of fused-ring (bicyclic) bond motifs is 1. The van der Waals surface area contributed by atoms with Crippen LogP contribution in [-0.4, -0.2) is 26.2 Å². The molecular formula is C18H18ClNO4. The molecule has 0 bridgehead atoms. The van der Waals surface area contributed by atoms with Crippen molar-refractivity contribution in [2.45, 2.75) is 13.0 Å². The fourth-order valence-electron chi connectivity index (χ4n) is 2.76. The highest BCUT2D eigenvalue weighted by molar-refractivity contribution is 6.30. The molecule has 1 heterocycles. The van der Waals surface area contributed by atoms with Gasteiger partial charge in [-0.1, -0.05) is 23.7 Å². The molecule has 0 radical (unpaired) electrons. The minimum Gasteiger partial charge on any atom is -0.486 e. The predicted molar refractivity (Wildman–Crippen MR) is 92.0 cm³/mol. The Labute approximate surface area is 145 Å². The molecule has 0 saturated heterocycles. The normalized spacial score (nSPS) is 14.1. The molecule has 5 nitrogen and oxygen atoms in total. The summed E-state index contributed by atoms with van der Waals surface area (Å²) in [6, 6.07) is 11.0. The summed E-state index contributed by atoms with van der Waals surface area (Å²) in [5, 5.41) is 3.26. The van der Waals surface area contributed by atoms with Gasteiger partial charge in [-0.3, -0.25) is 4.79 Å². The first-order valence-corrected chi connectivity index (χ1v) is 8.12. The van der Waals surface area contributed by atoms with Gasteiger partial charge in [0.15, 0.2) is 11.5 Å². The number of hydrogen-bond acceptors (Lipinski definition) is 4. The van der Waals surface area contributed by atoms with Crippen molar-refractivity contribution >= 4 is 23.7 Å². The van der Waals surface area contributed by atoms with Crippen LogP contribution in [-0.2, 0) is 9.53 Å². The van der Waals surface area contributed by atoms with Gasteiger partial charge >= 0.3 is 0 Å². The van der Waals surface area contributed by atoms with Crippen LogP contribution in [0.4, 0.5) is 5.69 Å². The number of carbonyl (C=O) groups excluding carboxylic acids is 1. The van der Waals surface area contributed by atoms with Crippen LogP contribution in [0.15, 0.2) is 36.4 Å². The standard InChI is InChI=1S/C18H18ClNO4/c1-2-22-17(14-10-12(19)6-7-15(14)20-11-21)13-4-3-5-16-18(13)24-9-8-23-16/h3-7,10-11,17H,2,8-9H2,1H3,(H,20,21). The molecule has 1 amide bonds. The number of nitrogens with one attached hydrogen (secondary N) is 1. The number of halogens is 1. The number of ether oxygens (including phenoxy) is 3. The highest BCUT2D eigenvalue weighted by Crippen LogP contribution is 2.42. The van der Waals surface area contributed by atoms with Crippen molar-refractivity contribution in [3.8, 4) is 11.5 Å². The SMILES string of the molecule is CCOC(c1cc(Cl)ccc1NC=O)c1cccc2c1OCCO2. The van der Waals surface area contributed by atoms with Gasteiger partial charge in [-0.15, -0.1) is 0 Å². The molecule has 0 aromatic heterocycles. The summed E-state index contributed by atoms with van der Waals surface area (Å²) in [6.07, 6.45) is 0.198. The van der Waals surface area contributed by atoms with Gasteiger partial charge in [0.2, 0.25) is 6.41 Å². The maximum absolute atomic E-state index is 10.9. The molecule has 1 N–H and O–H groups in total. The summed E-state index contributed by atoms with van der Waals surface area (Å²) >= 11 is 6.16. The summed E-state index contributed by atoms with van der Waals surface area (Å²) in [7, 11) is 0. The van der Waals surface area contributed by atoms with Gasteiger partial charge in [-0.25, -0.2) is 0 Å². The first-order valence-electron chi connectivity index (χ1n) is 7.74. The predicted octanol–water partition coefficient (Wildman–Crippen LogP) is 3.81. The highest BCUT2D eigenvalue weighted by atomic mass is 35.5. The van der Waals surface area contributed by atoms with E-state index in [4.69, 9.17) is 25.8 Å². The molecule has 126 valence electrons. The number of carbonyl (C=O) groups is 1. The first-order chi connectivity index (χ1) is 11.7. The molecule has 0 fully saturated rings. The maximum Gasteiger partial charge on any atom is 0.211 e. The second-order valence-electron chi connectivity index (χ2n) is 5.20. The molecule has 1 atom stereocenters. The van der Waals surface area contributed by atoms with Crippen LogP contribution in [0.1, 0.15) is 24.2 Å². The fraction of sp³-hybridized carbons (Fsp3) is 0.278. The lowest BCUT2D eigenvalue weighted by atomic mass is 9.98. The molecule has 0 saturated carbocycles. The van der Waals surface area contributed by atoms with Crippen LogP contribution >= 0.6 is 11.6 Å². The van der Waals surface area contributed by atoms with Crippen molar-refractivity contribution in [2.75, 3.05) is 25.1 Å². The lowest BCUT2D eigenvalue weighted by molar-refractivity contribution is -0.105. The third-order valence-electron chi connectivity index (χ3n) is 3.72. The smallest absolute Gasteiger partial charge is 0.211 e. The van der Waals surface area contributed by atoms with Crippen molar-refractivity contribution in [3.05, 3.63) is 52.5 Å². The number of benzene rings is 2. The lowest BCUT2D eigenvalue weighted by Crippen LogP contribution is -2.18. The molecule has 0 aliphatic carbocycles. The largest absolute Gasteiger partial charge is 0.486 e. The van der Waals surface area contributed by atoms with Crippen molar-refractivity contribution < 1.29 is 19.0 Å². The van der Waals surface area contributed by atoms with Gasteiger partial charge < -0.3 is 19.5 Å². The third-order valence-corrected chi connectivity index (χ3v) is 3.96. The zero-order valence-corrected chi connectivity index (χ0v) is 14.0. The molecular weight excluding hydrogens is 330 g/mol. The van der Waals surface area contributed by atoms with Crippen LogP contribution in [0.2, 0.25) is 5.02 Å². The van der Waals surface area contributed by atoms with Gasteiger partial charge in [-0.2, -0.15) is 0 Å². The Kier molecular flexibility index (Phi) is 5.23. The van der Waals surface area contributed by atoms with E-state index in [0.717, 1.165) is 11.1 Å². The molecule has 2 aromatic rings. The quantitative estimate of drug-likeness (QED) is 0.807. The Morgan fingerprint density at radius 3 is 2.88 bits per heavy atom. The summed E-state index contributed by atoms with van der Waals surface area (Å²) in [4.78, 5) is 10.9. The van der Waals surface area contributed by atoms with E-state index >= 15 is 0 Å². The zero-order chi connectivity index (χ0) is 16.9. The molecule has 6 heteroatoms. The van der Waals surface area contributed by atoms with E-state index in [2.05, 4.69) is 5.32 Å². The average molecular weight is 348 g/mol. The van der Waals surface area contributed by atoms with Crippen molar-refractivity contribution in [3.63, 3.8) is 0 Å². The van der Waals surface area contributed by atoms with Gasteiger partial charge in [0.05, 0.1) is 0 Å². The molecule has 1 aliphatic heterocycles. The van der Waals surface area contributed by atoms with E-state index in [0.29, 0.717) is 48.4 Å². The second-order valence-corrected chi connectivity index (χ2v) is 5.64. The second kappa shape index (κ2) is 7.55. The molecule has 1 aliphatic rings. The fourth-order valence-corrected chi connectivity index (χ4v) is 2.94. The molecule has 1 unspecified atom stereocenters. The van der Waals surface area contributed by atoms with Crippen LogP contribution in [0.25, 0.3) is 0 Å². The lowest BCUT2D eigenvalue weighted by Gasteiger charge is -2.26. The molecule has 3 rings (SSSR count). The summed E-state index contributed by atoms with van der Waals surface area (Å²) in [5.74, 6) is 1.36. The van der Waals surface area contributed by atoms with Crippen LogP contribution in [0.3, 0.4) is 0 Å². The van der Waals surface area contributed by atoms with E-state index in [-0.39, 0.29) is 0 Å². The monoisotopic (exact) mass is 347 g/mol. The van der Waals surface area contributed by atoms with Crippen molar-refractivity contribution in [1.82, 2.24) is 0 Å². The molecule has 0 spiro atoms. The molecule has 24 heavy (non-hydrogen) atoms. The van der Waals surface area contributed by atoms with Gasteiger partial charge in [0.1, 0.15) is 19.3 Å². The van der Waals surface area contributed by atoms with E-state index in [1.165, 1.54) is 0 Å². The van der Waals surface area contributed by atoms with E-state index in [1.54, 1.807) is 18.2 Å². The maximum atomic E-state index is 10.9. The summed E-state index contributed by atoms with van der Waals surface area (Å²) in [6.45, 7) is 3.40. The van der Waals surface area contributed by atoms with Crippen LogP contribution in [0, 0.1) is 0 Å². The Hall–Kier alpha value is -2.24. The number of amides is 1. The zero-order valence-electron chi connectivity index (χ0n) is 13.3. The topological polar surface area (TPSA) is 56.8 Å². The molecule has 2 aromatic carbocycles. The number of rotatable bonds is 6. The third kappa shape index (κ3) is 3.32. The van der Waals surface area contributed by atoms with Gasteiger partial charge in [0.25, 0.3) is 0 Å². The summed E-state index contributed by atoms with van der Waals surface area (Å²) < 4.78 is 17.4. The Morgan fingerprint density at radius 1 is 1.25 bits per heavy atom. The first kappa shape index (κ1) is 16.6. The Balaban J connectivity index is 2.12. The Bertz CT molecular complexity index is 735. The number of hydrogen-bond donors (Lipinski definition) is 1. The average Bonchev–Trinajstić information content (AvgIpc) is 2.61. The minimum absolute atomic E-state index is 0.437. The van der Waals surface area contributed by atoms with E-state index < -0.39 is 6.10 Å². The van der Waals surface area contributed by atoms with Crippen molar-refractivity contribution in [1.29, 1.82) is 0 Å². The van der Waals surface area contributed by atoms with Crippen molar-refractivity contribution in [2.24, 2.45) is 0 Å².